The van der Waals surface area contributed by atoms with Crippen LogP contribution in [0, 0.1) is 0 Å². The predicted molar refractivity (Wildman–Crippen MR) is 247 cm³/mol. The van der Waals surface area contributed by atoms with Gasteiger partial charge in [-0.05, 0) is 53.9 Å². The Morgan fingerprint density at radius 2 is 0.861 bits per heavy atom. The van der Waals surface area contributed by atoms with Crippen molar-refractivity contribution in [1.29, 1.82) is 0 Å². The van der Waals surface area contributed by atoms with Gasteiger partial charge in [-0.15, -0.1) is 6.58 Å². The second-order valence-corrected chi connectivity index (χ2v) is 16.0. The van der Waals surface area contributed by atoms with E-state index >= 15 is 0 Å². The lowest BCUT2D eigenvalue weighted by Gasteiger charge is -2.34. The van der Waals surface area contributed by atoms with Crippen LogP contribution in [0.25, 0.3) is 0 Å². The van der Waals surface area contributed by atoms with E-state index in [4.69, 9.17) is 0 Å². The number of amides is 7. The number of carbonyl (C=O) groups excluding carboxylic acids is 13. The van der Waals surface area contributed by atoms with Gasteiger partial charge < -0.3 is 75.7 Å². The van der Waals surface area contributed by atoms with Crippen molar-refractivity contribution in [3.8, 4) is 0 Å². The molecule has 13 N–H and O–H groups in total. The van der Waals surface area contributed by atoms with E-state index < -0.39 is 158 Å². The third kappa shape index (κ3) is 24.4. The van der Waals surface area contributed by atoms with E-state index in [9.17, 15) is 82.1 Å². The number of ether oxygens (including phenoxy) is 1. The normalized spacial score (nSPS) is 15.8. The molecule has 0 heterocycles. The molecule has 0 saturated carbocycles. The summed E-state index contributed by atoms with van der Waals surface area (Å²) in [6.07, 6.45) is -9.00. The van der Waals surface area contributed by atoms with E-state index in [0.29, 0.717) is 36.3 Å². The number of hydrogen-bond acceptors (Lipinski definition) is 21. The molecule has 0 radical (unpaired) electrons. The molecule has 12 atom stereocenters. The van der Waals surface area contributed by atoms with Gasteiger partial charge in [-0.25, -0.2) is 4.79 Å². The smallest absolute Gasteiger partial charge is 0.343 e. The maximum atomic E-state index is 14.2. The van der Waals surface area contributed by atoms with E-state index in [-0.39, 0.29) is 12.8 Å². The van der Waals surface area contributed by atoms with Crippen molar-refractivity contribution >= 4 is 90.7 Å². The SMILES string of the molecule is C=CCCC(=O)N[C@@H](CCC(=O)O)C(=O)N[C@@H](N[C@@H](C)C=O)C(=O)N(C)[C@@H](N[C@@H](C)C=O)C(=O)N[C@@H](N[C@@H](C)C=O)C(=O)N[C@@H](N[C@@H](C)C=O)C(=O)N[C@@H](CCC(=O)O)C(=O)N[C@@H](N[C@@H](C)C=O)C(=O)OC. The topological polar surface area (TPSA) is 441 Å². The van der Waals surface area contributed by atoms with Crippen LogP contribution in [-0.4, -0.2) is 193 Å². The van der Waals surface area contributed by atoms with Gasteiger partial charge in [-0.1, -0.05) is 6.08 Å². The molecule has 0 unspecified atom stereocenters. The lowest BCUT2D eigenvalue weighted by atomic mass is 10.1. The number of aldehydes is 5. The molecule has 0 aromatic rings. The Balaban J connectivity index is 7.12. The summed E-state index contributed by atoms with van der Waals surface area (Å²) >= 11 is 0. The van der Waals surface area contributed by atoms with Gasteiger partial charge >= 0.3 is 17.9 Å². The number of likely N-dealkylation sites (N-methyl/N-ethyl adjacent to an activating group) is 1. The first kappa shape index (κ1) is 64.6. The largest absolute Gasteiger partial charge is 0.481 e. The van der Waals surface area contributed by atoms with Crippen molar-refractivity contribution in [2.24, 2.45) is 0 Å². The Kier molecular flexibility index (Phi) is 30.5. The molecular formula is C42H66N12O18. The molecule has 0 fully saturated rings. The van der Waals surface area contributed by atoms with Crippen molar-refractivity contribution in [2.75, 3.05) is 14.2 Å². The molecule has 0 aliphatic carbocycles. The van der Waals surface area contributed by atoms with E-state index in [1.54, 1.807) is 0 Å². The molecule has 0 saturated heterocycles. The van der Waals surface area contributed by atoms with Gasteiger partial charge in [0.1, 0.15) is 43.5 Å². The summed E-state index contributed by atoms with van der Waals surface area (Å²) in [6, 6.07) is -9.29. The lowest BCUT2D eigenvalue weighted by Crippen LogP contribution is -2.69. The molecule has 0 aromatic carbocycles. The third-order valence-corrected chi connectivity index (χ3v) is 9.65. The van der Waals surface area contributed by atoms with Crippen molar-refractivity contribution in [3.05, 3.63) is 12.7 Å². The Morgan fingerprint density at radius 3 is 1.28 bits per heavy atom. The number of rotatable bonds is 38. The molecular weight excluding hydrogens is 961 g/mol. The summed E-state index contributed by atoms with van der Waals surface area (Å²) in [5.41, 5.74) is 0. The maximum absolute atomic E-state index is 14.2. The third-order valence-electron chi connectivity index (χ3n) is 9.65. The van der Waals surface area contributed by atoms with Crippen LogP contribution in [0.4, 0.5) is 0 Å². The number of allylic oxidation sites excluding steroid dienone is 1. The zero-order valence-corrected chi connectivity index (χ0v) is 40.7. The van der Waals surface area contributed by atoms with Crippen LogP contribution in [-0.2, 0) is 76.7 Å². The lowest BCUT2D eigenvalue weighted by molar-refractivity contribution is -0.147. The minimum Gasteiger partial charge on any atom is -0.481 e. The number of carbonyl (C=O) groups is 15. The van der Waals surface area contributed by atoms with Gasteiger partial charge in [0.2, 0.25) is 17.7 Å². The fourth-order valence-corrected chi connectivity index (χ4v) is 5.78. The highest BCUT2D eigenvalue weighted by molar-refractivity contribution is 5.97. The molecule has 72 heavy (non-hydrogen) atoms. The Bertz CT molecular complexity index is 1960. The second-order valence-electron chi connectivity index (χ2n) is 16.0. The molecule has 0 aliphatic heterocycles. The second kappa shape index (κ2) is 34.0. The first-order valence-corrected chi connectivity index (χ1v) is 22.1. The summed E-state index contributed by atoms with van der Waals surface area (Å²) in [4.78, 5) is 190. The van der Waals surface area contributed by atoms with Gasteiger partial charge in [0.15, 0.2) is 30.8 Å². The number of carboxylic acids is 2. The summed E-state index contributed by atoms with van der Waals surface area (Å²) in [5, 5.41) is 44.5. The molecule has 30 heteroatoms. The molecule has 7 amide bonds. The van der Waals surface area contributed by atoms with Crippen LogP contribution >= 0.6 is 0 Å². The molecule has 0 bridgehead atoms. The first-order valence-electron chi connectivity index (χ1n) is 22.1. The molecule has 0 spiro atoms. The zero-order chi connectivity index (χ0) is 55.2. The van der Waals surface area contributed by atoms with Crippen molar-refractivity contribution in [2.45, 2.75) is 146 Å². The number of nitrogens with one attached hydrogen (secondary N) is 11. The average molecular weight is 1030 g/mol. The highest BCUT2D eigenvalue weighted by Gasteiger charge is 2.38. The summed E-state index contributed by atoms with van der Waals surface area (Å²) in [5.74, 6) is -12.0. The molecule has 0 aromatic heterocycles. The van der Waals surface area contributed by atoms with Gasteiger partial charge in [-0.2, -0.15) is 0 Å². The Hall–Kier alpha value is -7.41. The van der Waals surface area contributed by atoms with E-state index in [2.05, 4.69) is 69.8 Å². The van der Waals surface area contributed by atoms with E-state index in [1.165, 1.54) is 40.7 Å². The van der Waals surface area contributed by atoms with E-state index in [1.807, 2.05) is 0 Å². The number of carboxylic acid groups (broad SMARTS) is 2. The minimum atomic E-state index is -2.05. The van der Waals surface area contributed by atoms with Crippen LogP contribution in [0.5, 0.6) is 0 Å². The highest BCUT2D eigenvalue weighted by atomic mass is 16.5. The maximum Gasteiger partial charge on any atom is 0.343 e. The van der Waals surface area contributed by atoms with Gasteiger partial charge in [0.25, 0.3) is 23.6 Å². The predicted octanol–water partition coefficient (Wildman–Crippen LogP) is -6.74. The van der Waals surface area contributed by atoms with Crippen molar-refractivity contribution in [3.63, 3.8) is 0 Å². The minimum absolute atomic E-state index is 0.137. The summed E-state index contributed by atoms with van der Waals surface area (Å²) < 4.78 is 4.63. The Labute approximate surface area is 413 Å². The number of aliphatic carboxylic acids is 2. The Morgan fingerprint density at radius 1 is 0.500 bits per heavy atom. The standard InChI is InChI=1S/C42H66N12O18/c1-9-10-11-28(60)48-26(12-14-29(61)62)36(65)52-33(45-23(4)18-57)41(70)54(7)35(47-25(6)20-59)40(69)51-32(44-22(3)17-56)39(68)50-31(43-21(2)16-55)38(67)49-27(13-15-30(63)64)37(66)53-34(42(71)72-8)46-24(5)19-58/h9,16-27,31-35,43-47H,1,10-15H2,2-8H3,(H,48,60)(H,49,67)(H,50,68)(H,51,69)(H,52,65)(H,53,66)(H,61,62)(H,63,64)/t21-,22-,23-,24-,25-,26-,27-,31+,32+,33+,34+,35+/m0/s1. The van der Waals surface area contributed by atoms with Crippen molar-refractivity contribution < 1.29 is 86.9 Å². The molecule has 402 valence electrons. The van der Waals surface area contributed by atoms with Crippen molar-refractivity contribution in [1.82, 2.24) is 63.4 Å². The van der Waals surface area contributed by atoms with Gasteiger partial charge in [0.05, 0.1) is 37.3 Å². The van der Waals surface area contributed by atoms with Crippen LogP contribution in [0.2, 0.25) is 0 Å². The fourth-order valence-electron chi connectivity index (χ4n) is 5.78. The zero-order valence-electron chi connectivity index (χ0n) is 40.7. The first-order chi connectivity index (χ1) is 33.8. The summed E-state index contributed by atoms with van der Waals surface area (Å²) in [7, 11) is 1.95. The number of nitrogens with zero attached hydrogens (tertiary/aromatic N) is 1. The van der Waals surface area contributed by atoms with E-state index in [0.717, 1.165) is 14.2 Å². The average Bonchev–Trinajstić information content (AvgIpc) is 3.34. The van der Waals surface area contributed by atoms with Gasteiger partial charge in [-0.3, -0.25) is 69.7 Å². The fraction of sp³-hybridized carbons (Fsp3) is 0.595. The van der Waals surface area contributed by atoms with Crippen LogP contribution < -0.4 is 58.5 Å². The number of esters is 1. The molecule has 0 aliphatic rings. The quantitative estimate of drug-likeness (QED) is 0.0118. The monoisotopic (exact) mass is 1030 g/mol. The summed E-state index contributed by atoms with van der Waals surface area (Å²) in [6.45, 7) is 9.81. The van der Waals surface area contributed by atoms with Gasteiger partial charge in [0, 0.05) is 26.3 Å². The molecule has 30 nitrogen and oxygen atoms in total. The highest BCUT2D eigenvalue weighted by Crippen LogP contribution is 2.06. The molecule has 0 rings (SSSR count). The number of methoxy groups -OCH3 is 1. The van der Waals surface area contributed by atoms with Crippen LogP contribution in [0.15, 0.2) is 12.7 Å². The van der Waals surface area contributed by atoms with Crippen LogP contribution in [0.1, 0.15) is 73.1 Å². The number of hydrogen-bond donors (Lipinski definition) is 13. The van der Waals surface area contributed by atoms with Crippen LogP contribution in [0.3, 0.4) is 0 Å².